The number of carbonyl (C=O) groups excluding carboxylic acids is 1. The SMILES string of the molecule is COC(=O)c1cc(N(C)C2CCCCCC2)c(F)cc1N. The number of rotatable bonds is 3. The van der Waals surface area contributed by atoms with Crippen LogP contribution in [0.2, 0.25) is 0 Å². The molecular weight excluding hydrogens is 271 g/mol. The fourth-order valence-electron chi connectivity index (χ4n) is 2.98. The van der Waals surface area contributed by atoms with E-state index in [1.54, 1.807) is 0 Å². The van der Waals surface area contributed by atoms with Crippen molar-refractivity contribution >= 4 is 17.3 Å². The molecule has 1 aliphatic carbocycles. The van der Waals surface area contributed by atoms with E-state index in [0.717, 1.165) is 25.7 Å². The average Bonchev–Trinajstić information content (AvgIpc) is 2.75. The molecule has 2 rings (SSSR count). The molecule has 1 aromatic rings. The summed E-state index contributed by atoms with van der Waals surface area (Å²) in [5.41, 5.74) is 6.45. The Hall–Kier alpha value is -1.78. The molecule has 116 valence electrons. The van der Waals surface area contributed by atoms with Crippen LogP contribution in [0.4, 0.5) is 15.8 Å². The maximum atomic E-state index is 14.2. The Labute approximate surface area is 125 Å². The van der Waals surface area contributed by atoms with Gasteiger partial charge in [0, 0.05) is 18.8 Å². The number of ether oxygens (including phenoxy) is 1. The first-order chi connectivity index (χ1) is 10.0. The number of hydrogen-bond donors (Lipinski definition) is 1. The summed E-state index contributed by atoms with van der Waals surface area (Å²) in [7, 11) is 3.17. The zero-order chi connectivity index (χ0) is 15.4. The molecule has 0 aliphatic heterocycles. The second-order valence-electron chi connectivity index (χ2n) is 5.64. The van der Waals surface area contributed by atoms with Gasteiger partial charge in [0.2, 0.25) is 0 Å². The smallest absolute Gasteiger partial charge is 0.340 e. The Morgan fingerprint density at radius 3 is 2.48 bits per heavy atom. The molecule has 1 aromatic carbocycles. The van der Waals surface area contributed by atoms with Crippen LogP contribution >= 0.6 is 0 Å². The highest BCUT2D eigenvalue weighted by molar-refractivity contribution is 5.96. The molecule has 1 saturated carbocycles. The summed E-state index contributed by atoms with van der Waals surface area (Å²) in [4.78, 5) is 13.6. The van der Waals surface area contributed by atoms with Crippen molar-refractivity contribution in [3.05, 3.63) is 23.5 Å². The maximum absolute atomic E-state index is 14.2. The van der Waals surface area contributed by atoms with Crippen LogP contribution in [0, 0.1) is 5.82 Å². The van der Waals surface area contributed by atoms with Gasteiger partial charge < -0.3 is 15.4 Å². The van der Waals surface area contributed by atoms with E-state index >= 15 is 0 Å². The Kier molecular flexibility index (Phi) is 5.04. The van der Waals surface area contributed by atoms with E-state index in [2.05, 4.69) is 0 Å². The number of nitrogens with two attached hydrogens (primary N) is 1. The fraction of sp³-hybridized carbons (Fsp3) is 0.562. The van der Waals surface area contributed by atoms with E-state index in [4.69, 9.17) is 10.5 Å². The summed E-state index contributed by atoms with van der Waals surface area (Å²) >= 11 is 0. The lowest BCUT2D eigenvalue weighted by atomic mass is 10.1. The third kappa shape index (κ3) is 3.46. The van der Waals surface area contributed by atoms with E-state index in [1.807, 2.05) is 11.9 Å². The van der Waals surface area contributed by atoms with Gasteiger partial charge >= 0.3 is 5.97 Å². The van der Waals surface area contributed by atoms with Crippen molar-refractivity contribution in [1.82, 2.24) is 0 Å². The molecule has 0 bridgehead atoms. The topological polar surface area (TPSA) is 55.6 Å². The Morgan fingerprint density at radius 1 is 1.29 bits per heavy atom. The second kappa shape index (κ2) is 6.78. The molecule has 4 nitrogen and oxygen atoms in total. The van der Waals surface area contributed by atoms with Gasteiger partial charge in [0.05, 0.1) is 18.4 Å². The Morgan fingerprint density at radius 2 is 1.90 bits per heavy atom. The third-order valence-electron chi connectivity index (χ3n) is 4.28. The molecule has 0 spiro atoms. The molecule has 0 heterocycles. The summed E-state index contributed by atoms with van der Waals surface area (Å²) in [5.74, 6) is -0.935. The van der Waals surface area contributed by atoms with Crippen LogP contribution in [0.15, 0.2) is 12.1 Å². The minimum Gasteiger partial charge on any atom is -0.465 e. The monoisotopic (exact) mass is 294 g/mol. The van der Waals surface area contributed by atoms with Gasteiger partial charge in [-0.05, 0) is 25.0 Å². The van der Waals surface area contributed by atoms with Gasteiger partial charge in [-0.1, -0.05) is 25.7 Å². The highest BCUT2D eigenvalue weighted by Gasteiger charge is 2.22. The Bertz CT molecular complexity index is 511. The van der Waals surface area contributed by atoms with E-state index in [9.17, 15) is 9.18 Å². The van der Waals surface area contributed by atoms with E-state index in [1.165, 1.54) is 32.1 Å². The lowest BCUT2D eigenvalue weighted by Gasteiger charge is -2.30. The number of nitrogen functional groups attached to an aromatic ring is 1. The lowest BCUT2D eigenvalue weighted by molar-refractivity contribution is 0.0602. The van der Waals surface area contributed by atoms with Crippen LogP contribution in [0.1, 0.15) is 48.9 Å². The van der Waals surface area contributed by atoms with Crippen molar-refractivity contribution in [2.24, 2.45) is 0 Å². The standard InChI is InChI=1S/C16H23FN2O2/c1-19(11-7-5-3-4-6-8-11)15-9-12(16(20)21-2)14(18)10-13(15)17/h9-11H,3-8,18H2,1-2H3. The van der Waals surface area contributed by atoms with Gasteiger partial charge in [-0.2, -0.15) is 0 Å². The number of carbonyl (C=O) groups is 1. The minimum absolute atomic E-state index is 0.109. The molecule has 1 fully saturated rings. The molecule has 5 heteroatoms. The zero-order valence-corrected chi connectivity index (χ0v) is 12.7. The van der Waals surface area contributed by atoms with Crippen LogP contribution in [0.5, 0.6) is 0 Å². The summed E-state index contributed by atoms with van der Waals surface area (Å²) in [6.07, 6.45) is 6.90. The highest BCUT2D eigenvalue weighted by atomic mass is 19.1. The van der Waals surface area contributed by atoms with Crippen molar-refractivity contribution in [3.8, 4) is 0 Å². The summed E-state index contributed by atoms with van der Waals surface area (Å²) in [6, 6.07) is 3.01. The lowest BCUT2D eigenvalue weighted by Crippen LogP contribution is -2.32. The highest BCUT2D eigenvalue weighted by Crippen LogP contribution is 2.30. The summed E-state index contributed by atoms with van der Waals surface area (Å²) in [6.45, 7) is 0. The molecule has 0 saturated heterocycles. The quantitative estimate of drug-likeness (QED) is 0.527. The maximum Gasteiger partial charge on any atom is 0.340 e. The van der Waals surface area contributed by atoms with Gasteiger partial charge in [-0.3, -0.25) is 0 Å². The first-order valence-electron chi connectivity index (χ1n) is 7.44. The van der Waals surface area contributed by atoms with Crippen LogP contribution in [-0.2, 0) is 4.74 Å². The van der Waals surface area contributed by atoms with Crippen molar-refractivity contribution < 1.29 is 13.9 Å². The van der Waals surface area contributed by atoms with Gasteiger partial charge in [-0.15, -0.1) is 0 Å². The average molecular weight is 294 g/mol. The number of halogens is 1. The first-order valence-corrected chi connectivity index (χ1v) is 7.44. The molecule has 1 aliphatic rings. The van der Waals surface area contributed by atoms with Gasteiger partial charge in [0.1, 0.15) is 5.82 Å². The summed E-state index contributed by atoms with van der Waals surface area (Å²) < 4.78 is 18.9. The van der Waals surface area contributed by atoms with E-state index in [-0.39, 0.29) is 11.3 Å². The van der Waals surface area contributed by atoms with E-state index in [0.29, 0.717) is 11.7 Å². The number of methoxy groups -OCH3 is 1. The predicted molar refractivity (Wildman–Crippen MR) is 82.0 cm³/mol. The molecular formula is C16H23FN2O2. The van der Waals surface area contributed by atoms with Gasteiger partial charge in [0.15, 0.2) is 0 Å². The fourth-order valence-corrected chi connectivity index (χ4v) is 2.98. The number of benzene rings is 1. The molecule has 0 unspecified atom stereocenters. The zero-order valence-electron chi connectivity index (χ0n) is 12.7. The molecule has 2 N–H and O–H groups in total. The van der Waals surface area contributed by atoms with Gasteiger partial charge in [-0.25, -0.2) is 9.18 Å². The summed E-state index contributed by atoms with van der Waals surface area (Å²) in [5, 5.41) is 0. The number of hydrogen-bond acceptors (Lipinski definition) is 4. The predicted octanol–water partition coefficient (Wildman–Crippen LogP) is 3.35. The third-order valence-corrected chi connectivity index (χ3v) is 4.28. The minimum atomic E-state index is -0.539. The molecule has 0 atom stereocenters. The first kappa shape index (κ1) is 15.6. The van der Waals surface area contributed by atoms with Crippen molar-refractivity contribution in [2.45, 2.75) is 44.6 Å². The molecule has 0 radical (unpaired) electrons. The van der Waals surface area contributed by atoms with Crippen LogP contribution in [-0.4, -0.2) is 26.2 Å². The molecule has 0 amide bonds. The van der Waals surface area contributed by atoms with Crippen molar-refractivity contribution in [2.75, 3.05) is 24.8 Å². The number of anilines is 2. The van der Waals surface area contributed by atoms with Crippen molar-refractivity contribution in [1.29, 1.82) is 0 Å². The van der Waals surface area contributed by atoms with Crippen LogP contribution in [0.25, 0.3) is 0 Å². The number of nitrogens with zero attached hydrogens (tertiary/aromatic N) is 1. The Balaban J connectivity index is 2.30. The van der Waals surface area contributed by atoms with Gasteiger partial charge in [0.25, 0.3) is 0 Å². The largest absolute Gasteiger partial charge is 0.465 e. The van der Waals surface area contributed by atoms with E-state index < -0.39 is 11.8 Å². The van der Waals surface area contributed by atoms with Crippen LogP contribution < -0.4 is 10.6 Å². The van der Waals surface area contributed by atoms with Crippen LogP contribution in [0.3, 0.4) is 0 Å². The second-order valence-corrected chi connectivity index (χ2v) is 5.64. The molecule has 21 heavy (non-hydrogen) atoms. The normalized spacial score (nSPS) is 16.3. The molecule has 0 aromatic heterocycles. The van der Waals surface area contributed by atoms with Crippen molar-refractivity contribution in [3.63, 3.8) is 0 Å². The number of esters is 1.